The van der Waals surface area contributed by atoms with Gasteiger partial charge in [-0.15, -0.1) is 11.3 Å². The summed E-state index contributed by atoms with van der Waals surface area (Å²) in [5.74, 6) is -0.380. The number of amides is 1. The Balaban J connectivity index is 2.18. The van der Waals surface area contributed by atoms with Crippen LogP contribution < -0.4 is 11.5 Å². The third-order valence-corrected chi connectivity index (χ3v) is 4.48. The molecular formula is C16H15N3OS. The standard InChI is InChI=1S/C16H15N3OS/c1-9-7-11(10-5-3-2-4-6-10)19-16-14(9)15(18)12(21-16)8-13(17)20/h2-7H,8,18H2,1H3,(H2,17,20). The third-order valence-electron chi connectivity index (χ3n) is 3.38. The quantitative estimate of drug-likeness (QED) is 0.780. The molecule has 5 heteroatoms. The molecule has 1 aromatic carbocycles. The second-order valence-electron chi connectivity index (χ2n) is 4.95. The van der Waals surface area contributed by atoms with Crippen molar-refractivity contribution in [1.29, 1.82) is 0 Å². The monoisotopic (exact) mass is 297 g/mol. The number of benzene rings is 1. The van der Waals surface area contributed by atoms with Gasteiger partial charge in [0.25, 0.3) is 0 Å². The number of nitrogens with two attached hydrogens (primary N) is 2. The van der Waals surface area contributed by atoms with E-state index in [0.717, 1.165) is 31.9 Å². The van der Waals surface area contributed by atoms with Crippen LogP contribution in [-0.2, 0) is 11.2 Å². The highest BCUT2D eigenvalue weighted by molar-refractivity contribution is 7.19. The maximum atomic E-state index is 11.1. The normalized spacial score (nSPS) is 10.9. The lowest BCUT2D eigenvalue weighted by Crippen LogP contribution is -2.13. The first kappa shape index (κ1) is 13.6. The minimum absolute atomic E-state index is 0.160. The van der Waals surface area contributed by atoms with Crippen LogP contribution in [0.3, 0.4) is 0 Å². The van der Waals surface area contributed by atoms with Gasteiger partial charge in [-0.2, -0.15) is 0 Å². The van der Waals surface area contributed by atoms with Crippen LogP contribution in [0.15, 0.2) is 36.4 Å². The molecule has 0 spiro atoms. The van der Waals surface area contributed by atoms with E-state index in [1.807, 2.05) is 43.3 Å². The van der Waals surface area contributed by atoms with Gasteiger partial charge in [0.05, 0.1) is 17.8 Å². The number of pyridine rings is 1. The number of aryl methyl sites for hydroxylation is 1. The van der Waals surface area contributed by atoms with Crippen LogP contribution in [0.5, 0.6) is 0 Å². The molecule has 1 amide bonds. The number of aromatic nitrogens is 1. The molecule has 0 aliphatic carbocycles. The number of rotatable bonds is 3. The van der Waals surface area contributed by atoms with Gasteiger partial charge in [0.2, 0.25) is 5.91 Å². The number of anilines is 1. The van der Waals surface area contributed by atoms with Crippen LogP contribution in [0.2, 0.25) is 0 Å². The molecule has 0 unspecified atom stereocenters. The van der Waals surface area contributed by atoms with Crippen LogP contribution in [0.25, 0.3) is 21.5 Å². The van der Waals surface area contributed by atoms with Crippen molar-refractivity contribution in [3.8, 4) is 11.3 Å². The molecule has 0 aliphatic heterocycles. The molecular weight excluding hydrogens is 282 g/mol. The zero-order chi connectivity index (χ0) is 15.0. The van der Waals surface area contributed by atoms with Gasteiger partial charge >= 0.3 is 0 Å². The summed E-state index contributed by atoms with van der Waals surface area (Å²) in [6.45, 7) is 2.01. The maximum Gasteiger partial charge on any atom is 0.222 e. The van der Waals surface area contributed by atoms with Crippen molar-refractivity contribution in [3.63, 3.8) is 0 Å². The van der Waals surface area contributed by atoms with Gasteiger partial charge in [-0.3, -0.25) is 4.79 Å². The summed E-state index contributed by atoms with van der Waals surface area (Å²) in [6.07, 6.45) is 0.160. The van der Waals surface area contributed by atoms with Crippen molar-refractivity contribution >= 4 is 33.1 Å². The number of nitrogen functional groups attached to an aromatic ring is 1. The minimum atomic E-state index is -0.380. The summed E-state index contributed by atoms with van der Waals surface area (Å²) >= 11 is 1.44. The fourth-order valence-electron chi connectivity index (χ4n) is 2.40. The van der Waals surface area contributed by atoms with Gasteiger partial charge < -0.3 is 11.5 Å². The SMILES string of the molecule is Cc1cc(-c2ccccc2)nc2sc(CC(N)=O)c(N)c12. The highest BCUT2D eigenvalue weighted by Crippen LogP contribution is 2.36. The Kier molecular flexibility index (Phi) is 3.35. The van der Waals surface area contributed by atoms with Gasteiger partial charge in [-0.25, -0.2) is 4.98 Å². The number of carbonyl (C=O) groups is 1. The van der Waals surface area contributed by atoms with Crippen LogP contribution in [0.4, 0.5) is 5.69 Å². The Morgan fingerprint density at radius 2 is 2.00 bits per heavy atom. The number of carbonyl (C=O) groups excluding carboxylic acids is 1. The van der Waals surface area contributed by atoms with Crippen molar-refractivity contribution in [2.45, 2.75) is 13.3 Å². The van der Waals surface area contributed by atoms with E-state index in [9.17, 15) is 4.79 Å². The molecule has 0 bridgehead atoms. The van der Waals surface area contributed by atoms with E-state index >= 15 is 0 Å². The molecule has 106 valence electrons. The fourth-order valence-corrected chi connectivity index (χ4v) is 3.58. The maximum absolute atomic E-state index is 11.1. The van der Waals surface area contributed by atoms with E-state index in [-0.39, 0.29) is 12.3 Å². The highest BCUT2D eigenvalue weighted by atomic mass is 32.1. The van der Waals surface area contributed by atoms with E-state index in [4.69, 9.17) is 11.5 Å². The first-order chi connectivity index (χ1) is 10.1. The zero-order valence-electron chi connectivity index (χ0n) is 11.6. The summed E-state index contributed by atoms with van der Waals surface area (Å²) < 4.78 is 0. The predicted molar refractivity (Wildman–Crippen MR) is 87.1 cm³/mol. The first-order valence-corrected chi connectivity index (χ1v) is 7.40. The lowest BCUT2D eigenvalue weighted by atomic mass is 10.1. The average Bonchev–Trinajstić information content (AvgIpc) is 2.76. The Morgan fingerprint density at radius 3 is 2.67 bits per heavy atom. The molecule has 4 nitrogen and oxygen atoms in total. The summed E-state index contributed by atoms with van der Waals surface area (Å²) in [5.41, 5.74) is 15.1. The smallest absolute Gasteiger partial charge is 0.222 e. The number of thiophene rings is 1. The molecule has 3 rings (SSSR count). The van der Waals surface area contributed by atoms with Gasteiger partial charge in [0, 0.05) is 15.8 Å². The van der Waals surface area contributed by atoms with Gasteiger partial charge in [-0.1, -0.05) is 30.3 Å². The first-order valence-electron chi connectivity index (χ1n) is 6.58. The topological polar surface area (TPSA) is 82.0 Å². The van der Waals surface area contributed by atoms with E-state index in [1.165, 1.54) is 11.3 Å². The summed E-state index contributed by atoms with van der Waals surface area (Å²) in [5, 5.41) is 0.927. The highest BCUT2D eigenvalue weighted by Gasteiger charge is 2.15. The van der Waals surface area contributed by atoms with Crippen LogP contribution >= 0.6 is 11.3 Å². The number of fused-ring (bicyclic) bond motifs is 1. The third kappa shape index (κ3) is 2.48. The van der Waals surface area contributed by atoms with Crippen molar-refractivity contribution in [3.05, 3.63) is 46.8 Å². The Labute approximate surface area is 126 Å². The second kappa shape index (κ2) is 5.18. The Bertz CT molecular complexity index is 824. The summed E-state index contributed by atoms with van der Waals surface area (Å²) in [4.78, 5) is 17.4. The van der Waals surface area contributed by atoms with Crippen LogP contribution in [0.1, 0.15) is 10.4 Å². The van der Waals surface area contributed by atoms with E-state index in [2.05, 4.69) is 4.98 Å². The Hall–Kier alpha value is -2.40. The molecule has 3 aromatic rings. The molecule has 0 fully saturated rings. The number of primary amides is 1. The largest absolute Gasteiger partial charge is 0.397 e. The number of hydrogen-bond acceptors (Lipinski definition) is 4. The van der Waals surface area contributed by atoms with E-state index < -0.39 is 0 Å². The molecule has 4 N–H and O–H groups in total. The van der Waals surface area contributed by atoms with Crippen LogP contribution in [0, 0.1) is 6.92 Å². The molecule has 0 saturated carbocycles. The average molecular weight is 297 g/mol. The molecule has 0 radical (unpaired) electrons. The lowest BCUT2D eigenvalue weighted by Gasteiger charge is -2.04. The van der Waals surface area contributed by atoms with Gasteiger partial charge in [0.1, 0.15) is 4.83 Å². The zero-order valence-corrected chi connectivity index (χ0v) is 12.4. The Morgan fingerprint density at radius 1 is 1.29 bits per heavy atom. The van der Waals surface area contributed by atoms with E-state index in [0.29, 0.717) is 5.69 Å². The van der Waals surface area contributed by atoms with Crippen molar-refractivity contribution < 1.29 is 4.79 Å². The summed E-state index contributed by atoms with van der Waals surface area (Å²) in [7, 11) is 0. The molecule has 0 atom stereocenters. The predicted octanol–water partition coefficient (Wildman–Crippen LogP) is 2.88. The number of hydrogen-bond donors (Lipinski definition) is 2. The molecule has 0 aliphatic rings. The van der Waals surface area contributed by atoms with E-state index in [1.54, 1.807) is 0 Å². The van der Waals surface area contributed by atoms with Gasteiger partial charge in [0.15, 0.2) is 0 Å². The fraction of sp³-hybridized carbons (Fsp3) is 0.125. The van der Waals surface area contributed by atoms with Crippen molar-refractivity contribution in [2.24, 2.45) is 5.73 Å². The molecule has 0 saturated heterocycles. The lowest BCUT2D eigenvalue weighted by molar-refractivity contribution is -0.117. The molecule has 2 aromatic heterocycles. The van der Waals surface area contributed by atoms with Crippen molar-refractivity contribution in [2.75, 3.05) is 5.73 Å². The number of nitrogens with zero attached hydrogens (tertiary/aromatic N) is 1. The molecule has 2 heterocycles. The van der Waals surface area contributed by atoms with Gasteiger partial charge in [-0.05, 0) is 18.6 Å². The second-order valence-corrected chi connectivity index (χ2v) is 6.04. The van der Waals surface area contributed by atoms with Crippen LogP contribution in [-0.4, -0.2) is 10.9 Å². The summed E-state index contributed by atoms with van der Waals surface area (Å²) in [6, 6.07) is 12.0. The minimum Gasteiger partial charge on any atom is -0.397 e. The van der Waals surface area contributed by atoms with Crippen molar-refractivity contribution in [1.82, 2.24) is 4.98 Å². The molecule has 21 heavy (non-hydrogen) atoms.